The summed E-state index contributed by atoms with van der Waals surface area (Å²) in [7, 11) is -3.15. The molecule has 1 saturated heterocycles. The number of carbonyl (C=O) groups is 1. The minimum Gasteiger partial charge on any atom is -0.343 e. The van der Waals surface area contributed by atoms with E-state index in [4.69, 9.17) is 5.26 Å². The van der Waals surface area contributed by atoms with Crippen LogP contribution in [0.5, 0.6) is 0 Å². The monoisotopic (exact) mass is 405 g/mol. The fourth-order valence-corrected chi connectivity index (χ4v) is 5.66. The van der Waals surface area contributed by atoms with Gasteiger partial charge in [0.2, 0.25) is 5.91 Å². The number of benzene rings is 1. The standard InChI is InChI=1S/C17H25NO2S.C4H6N2O/c19-21(20,16-9-5-2-6-10-16)17-11-12-18(14-17)13-15-7-3-1-4-8-15;1-4(7)6-3-2-5/h2,5-6,9-10,15,17H,1,3-4,7-8,11-14H2;3H2,1H3,(H,6,7)/t17-;/m1./s1. The Morgan fingerprint density at radius 3 is 2.43 bits per heavy atom. The first-order valence-electron chi connectivity index (χ1n) is 10.1. The first-order valence-corrected chi connectivity index (χ1v) is 11.6. The number of sulfone groups is 1. The summed E-state index contributed by atoms with van der Waals surface area (Å²) in [5, 5.41) is 9.93. The molecule has 1 N–H and O–H groups in total. The minimum absolute atomic E-state index is 0.106. The average molecular weight is 406 g/mol. The van der Waals surface area contributed by atoms with Crippen LogP contribution >= 0.6 is 0 Å². The largest absolute Gasteiger partial charge is 0.343 e. The molecule has 28 heavy (non-hydrogen) atoms. The van der Waals surface area contributed by atoms with E-state index < -0.39 is 9.84 Å². The number of likely N-dealkylation sites (tertiary alicyclic amines) is 1. The Labute approximate surface area is 168 Å². The molecular formula is C21H31N3O3S. The molecule has 0 bridgehead atoms. The molecule has 0 aromatic heterocycles. The lowest BCUT2D eigenvalue weighted by molar-refractivity contribution is -0.118. The molecule has 1 aromatic rings. The molecule has 6 nitrogen and oxygen atoms in total. The summed E-state index contributed by atoms with van der Waals surface area (Å²) in [4.78, 5) is 12.8. The van der Waals surface area contributed by atoms with Crippen LogP contribution in [0.15, 0.2) is 35.2 Å². The van der Waals surface area contributed by atoms with Crippen molar-refractivity contribution in [1.82, 2.24) is 10.2 Å². The molecule has 1 heterocycles. The summed E-state index contributed by atoms with van der Waals surface area (Å²) in [6.45, 7) is 4.23. The molecule has 0 spiro atoms. The Kier molecular flexibility index (Phi) is 8.94. The predicted molar refractivity (Wildman–Crippen MR) is 109 cm³/mol. The summed E-state index contributed by atoms with van der Waals surface area (Å²) in [5.41, 5.74) is 0. The fraction of sp³-hybridized carbons (Fsp3) is 0.619. The second-order valence-electron chi connectivity index (χ2n) is 7.60. The molecule has 1 aliphatic carbocycles. The van der Waals surface area contributed by atoms with Crippen molar-refractivity contribution in [3.63, 3.8) is 0 Å². The van der Waals surface area contributed by atoms with Crippen LogP contribution in [-0.2, 0) is 14.6 Å². The number of hydrogen-bond acceptors (Lipinski definition) is 5. The third-order valence-corrected chi connectivity index (χ3v) is 7.59. The van der Waals surface area contributed by atoms with Gasteiger partial charge in [0, 0.05) is 20.0 Å². The third-order valence-electron chi connectivity index (χ3n) is 5.40. The number of nitriles is 1. The summed E-state index contributed by atoms with van der Waals surface area (Å²) in [6, 6.07) is 10.7. The Bertz CT molecular complexity index is 753. The summed E-state index contributed by atoms with van der Waals surface area (Å²) in [5.74, 6) is 0.624. The summed E-state index contributed by atoms with van der Waals surface area (Å²) >= 11 is 0. The zero-order valence-corrected chi connectivity index (χ0v) is 17.5. The number of rotatable bonds is 5. The predicted octanol–water partition coefficient (Wildman–Crippen LogP) is 2.76. The van der Waals surface area contributed by atoms with Crippen molar-refractivity contribution in [2.24, 2.45) is 5.92 Å². The average Bonchev–Trinajstić information content (AvgIpc) is 3.18. The van der Waals surface area contributed by atoms with Crippen molar-refractivity contribution in [2.75, 3.05) is 26.2 Å². The highest BCUT2D eigenvalue weighted by atomic mass is 32.2. The number of nitrogens with one attached hydrogen (secondary N) is 1. The fourth-order valence-electron chi connectivity index (χ4n) is 3.92. The van der Waals surface area contributed by atoms with E-state index in [1.807, 2.05) is 18.2 Å². The van der Waals surface area contributed by atoms with Gasteiger partial charge in [-0.1, -0.05) is 37.5 Å². The molecule has 1 aliphatic heterocycles. The van der Waals surface area contributed by atoms with E-state index >= 15 is 0 Å². The van der Waals surface area contributed by atoms with Crippen molar-refractivity contribution >= 4 is 15.7 Å². The zero-order chi connectivity index (χ0) is 20.4. The van der Waals surface area contributed by atoms with Crippen molar-refractivity contribution in [1.29, 1.82) is 5.26 Å². The van der Waals surface area contributed by atoms with Crippen LogP contribution in [0, 0.1) is 17.2 Å². The topological polar surface area (TPSA) is 90.3 Å². The van der Waals surface area contributed by atoms with Gasteiger partial charge in [-0.3, -0.25) is 4.79 Å². The van der Waals surface area contributed by atoms with Gasteiger partial charge in [0.1, 0.15) is 6.54 Å². The maximum absolute atomic E-state index is 12.6. The second-order valence-corrected chi connectivity index (χ2v) is 9.83. The molecule has 1 saturated carbocycles. The van der Waals surface area contributed by atoms with Crippen LogP contribution in [0.1, 0.15) is 45.4 Å². The van der Waals surface area contributed by atoms with Gasteiger partial charge in [-0.05, 0) is 43.9 Å². The first-order chi connectivity index (χ1) is 13.4. The van der Waals surface area contributed by atoms with E-state index in [1.165, 1.54) is 39.0 Å². The summed E-state index contributed by atoms with van der Waals surface area (Å²) in [6.07, 6.45) is 7.51. The van der Waals surface area contributed by atoms with Gasteiger partial charge in [0.05, 0.1) is 16.2 Å². The van der Waals surface area contributed by atoms with Crippen LogP contribution in [0.2, 0.25) is 0 Å². The Hall–Kier alpha value is -1.91. The molecule has 3 rings (SSSR count). The highest BCUT2D eigenvalue weighted by molar-refractivity contribution is 7.92. The van der Waals surface area contributed by atoms with E-state index in [2.05, 4.69) is 10.2 Å². The molecule has 0 radical (unpaired) electrons. The van der Waals surface area contributed by atoms with Gasteiger partial charge < -0.3 is 10.2 Å². The van der Waals surface area contributed by atoms with Gasteiger partial charge in [0.15, 0.2) is 9.84 Å². The van der Waals surface area contributed by atoms with E-state index in [0.29, 0.717) is 11.4 Å². The van der Waals surface area contributed by atoms with Gasteiger partial charge in [-0.25, -0.2) is 8.42 Å². The van der Waals surface area contributed by atoms with E-state index in [9.17, 15) is 13.2 Å². The smallest absolute Gasteiger partial charge is 0.217 e. The van der Waals surface area contributed by atoms with E-state index in [-0.39, 0.29) is 17.7 Å². The molecule has 154 valence electrons. The van der Waals surface area contributed by atoms with Gasteiger partial charge >= 0.3 is 0 Å². The highest BCUT2D eigenvalue weighted by Gasteiger charge is 2.34. The molecule has 1 atom stereocenters. The van der Waals surface area contributed by atoms with Gasteiger partial charge in [0.25, 0.3) is 0 Å². The maximum Gasteiger partial charge on any atom is 0.217 e. The number of amides is 1. The Morgan fingerprint density at radius 1 is 1.18 bits per heavy atom. The molecule has 7 heteroatoms. The summed E-state index contributed by atoms with van der Waals surface area (Å²) < 4.78 is 25.3. The number of hydrogen-bond donors (Lipinski definition) is 1. The van der Waals surface area contributed by atoms with Crippen LogP contribution in [0.25, 0.3) is 0 Å². The SMILES string of the molecule is CC(=O)NCC#N.O=S(=O)(c1ccccc1)[C@@H]1CCN(CC2CCCCC2)C1. The lowest BCUT2D eigenvalue weighted by atomic mass is 9.89. The third kappa shape index (κ3) is 6.92. The lowest BCUT2D eigenvalue weighted by Gasteiger charge is -2.26. The molecule has 2 aliphatic rings. The number of nitrogens with zero attached hydrogens (tertiary/aromatic N) is 2. The van der Waals surface area contributed by atoms with Crippen molar-refractivity contribution < 1.29 is 13.2 Å². The molecule has 1 aromatic carbocycles. The Balaban J connectivity index is 0.000000345. The van der Waals surface area contributed by atoms with Crippen molar-refractivity contribution in [3.05, 3.63) is 30.3 Å². The minimum atomic E-state index is -3.15. The quantitative estimate of drug-likeness (QED) is 0.761. The van der Waals surface area contributed by atoms with Crippen molar-refractivity contribution in [3.8, 4) is 6.07 Å². The number of carbonyl (C=O) groups excluding carboxylic acids is 1. The van der Waals surface area contributed by atoms with Crippen LogP contribution in [0.4, 0.5) is 0 Å². The Morgan fingerprint density at radius 2 is 1.86 bits per heavy atom. The molecule has 2 fully saturated rings. The van der Waals surface area contributed by atoms with E-state index in [1.54, 1.807) is 18.2 Å². The normalized spacial score (nSPS) is 20.6. The van der Waals surface area contributed by atoms with Gasteiger partial charge in [-0.2, -0.15) is 5.26 Å². The van der Waals surface area contributed by atoms with Crippen LogP contribution in [0.3, 0.4) is 0 Å². The molecule has 1 amide bonds. The zero-order valence-electron chi connectivity index (χ0n) is 16.6. The lowest BCUT2D eigenvalue weighted by Crippen LogP contribution is -2.31. The second kappa shape index (κ2) is 11.2. The van der Waals surface area contributed by atoms with E-state index in [0.717, 1.165) is 25.4 Å². The highest BCUT2D eigenvalue weighted by Crippen LogP contribution is 2.28. The van der Waals surface area contributed by atoms with Crippen molar-refractivity contribution in [2.45, 2.75) is 55.6 Å². The van der Waals surface area contributed by atoms with Gasteiger partial charge in [-0.15, -0.1) is 0 Å². The molecule has 0 unspecified atom stereocenters. The first kappa shape index (κ1) is 22.4. The van der Waals surface area contributed by atoms with Crippen LogP contribution < -0.4 is 5.32 Å². The molecular weight excluding hydrogens is 374 g/mol. The maximum atomic E-state index is 12.6. The van der Waals surface area contributed by atoms with Crippen LogP contribution in [-0.4, -0.2) is 50.7 Å².